The monoisotopic (exact) mass is 390 g/mol. The van der Waals surface area contributed by atoms with Crippen molar-refractivity contribution in [2.45, 2.75) is 25.6 Å². The molecule has 1 atom stereocenters. The Balaban J connectivity index is 1.45. The maximum Gasteiger partial charge on any atom is 0.222 e. The number of anilines is 1. The fourth-order valence-electron chi connectivity index (χ4n) is 3.54. The number of halogens is 1. The van der Waals surface area contributed by atoms with E-state index in [0.29, 0.717) is 26.1 Å². The summed E-state index contributed by atoms with van der Waals surface area (Å²) < 4.78 is 18.9. The zero-order valence-corrected chi connectivity index (χ0v) is 16.1. The van der Waals surface area contributed by atoms with Crippen molar-refractivity contribution in [3.05, 3.63) is 95.8 Å². The molecular formula is C24H23FN2O2. The second-order valence-corrected chi connectivity index (χ2v) is 7.15. The van der Waals surface area contributed by atoms with E-state index < -0.39 is 0 Å². The summed E-state index contributed by atoms with van der Waals surface area (Å²) in [5.74, 6) is 0.501. The Labute approximate surface area is 169 Å². The van der Waals surface area contributed by atoms with Crippen LogP contribution in [0.4, 0.5) is 10.1 Å². The van der Waals surface area contributed by atoms with E-state index >= 15 is 0 Å². The molecule has 4 nitrogen and oxygen atoms in total. The highest BCUT2D eigenvalue weighted by Crippen LogP contribution is 2.35. The standard InChI is InChI=1S/C24H23FN2O2/c25-20-12-10-18(11-13-20)15-26-24(28)14-21-17-29-23-9-5-4-8-22(23)27(21)16-19-6-2-1-3-7-19/h1-13,21H,14-17H2,(H,26,28)/t21-/m0/s1. The summed E-state index contributed by atoms with van der Waals surface area (Å²) in [4.78, 5) is 14.8. The molecule has 1 heterocycles. The van der Waals surface area contributed by atoms with E-state index in [1.165, 1.54) is 17.7 Å². The number of rotatable bonds is 6. The summed E-state index contributed by atoms with van der Waals surface area (Å²) in [6, 6.07) is 24.2. The number of amides is 1. The van der Waals surface area contributed by atoms with Crippen LogP contribution in [0.3, 0.4) is 0 Å². The Bertz CT molecular complexity index is 960. The molecule has 0 unspecified atom stereocenters. The van der Waals surface area contributed by atoms with Crippen LogP contribution in [0.1, 0.15) is 17.5 Å². The molecular weight excluding hydrogens is 367 g/mol. The van der Waals surface area contributed by atoms with Gasteiger partial charge < -0.3 is 15.0 Å². The predicted molar refractivity (Wildman–Crippen MR) is 111 cm³/mol. The Morgan fingerprint density at radius 1 is 0.966 bits per heavy atom. The highest BCUT2D eigenvalue weighted by Gasteiger charge is 2.29. The van der Waals surface area contributed by atoms with Crippen LogP contribution in [0.15, 0.2) is 78.9 Å². The summed E-state index contributed by atoms with van der Waals surface area (Å²) in [7, 11) is 0. The van der Waals surface area contributed by atoms with Gasteiger partial charge in [-0.1, -0.05) is 54.6 Å². The number of carbonyl (C=O) groups is 1. The number of benzene rings is 3. The lowest BCUT2D eigenvalue weighted by Crippen LogP contribution is -2.45. The van der Waals surface area contributed by atoms with Gasteiger partial charge in [-0.15, -0.1) is 0 Å². The third-order valence-corrected chi connectivity index (χ3v) is 5.07. The number of nitrogens with zero attached hydrogens (tertiary/aromatic N) is 1. The van der Waals surface area contributed by atoms with Gasteiger partial charge in [0.1, 0.15) is 18.2 Å². The smallest absolute Gasteiger partial charge is 0.222 e. The van der Waals surface area contributed by atoms with Gasteiger partial charge in [0, 0.05) is 13.1 Å². The van der Waals surface area contributed by atoms with Crippen LogP contribution in [0.5, 0.6) is 5.75 Å². The second kappa shape index (κ2) is 8.78. The van der Waals surface area contributed by atoms with Crippen molar-refractivity contribution in [1.29, 1.82) is 0 Å². The maximum atomic E-state index is 13.0. The minimum atomic E-state index is -0.283. The number of hydrogen-bond acceptors (Lipinski definition) is 3. The Kier molecular flexibility index (Phi) is 5.75. The van der Waals surface area contributed by atoms with E-state index in [1.807, 2.05) is 42.5 Å². The highest BCUT2D eigenvalue weighted by molar-refractivity contribution is 5.77. The summed E-state index contributed by atoms with van der Waals surface area (Å²) in [5, 5.41) is 2.93. The first-order valence-corrected chi connectivity index (χ1v) is 9.72. The quantitative estimate of drug-likeness (QED) is 0.682. The third kappa shape index (κ3) is 4.74. The van der Waals surface area contributed by atoms with E-state index in [-0.39, 0.29) is 17.8 Å². The van der Waals surface area contributed by atoms with Crippen molar-refractivity contribution in [1.82, 2.24) is 5.32 Å². The molecule has 148 valence electrons. The van der Waals surface area contributed by atoms with Crippen LogP contribution in [0.25, 0.3) is 0 Å². The fourth-order valence-corrected chi connectivity index (χ4v) is 3.54. The van der Waals surface area contributed by atoms with E-state index in [2.05, 4.69) is 22.3 Å². The number of ether oxygens (including phenoxy) is 1. The van der Waals surface area contributed by atoms with Crippen LogP contribution in [0, 0.1) is 5.82 Å². The molecule has 0 saturated heterocycles. The van der Waals surface area contributed by atoms with Crippen LogP contribution in [0.2, 0.25) is 0 Å². The van der Waals surface area contributed by atoms with E-state index in [4.69, 9.17) is 4.74 Å². The molecule has 0 aromatic heterocycles. The van der Waals surface area contributed by atoms with Gasteiger partial charge in [0.15, 0.2) is 0 Å². The molecule has 0 radical (unpaired) electrons. The molecule has 3 aromatic rings. The fraction of sp³-hybridized carbons (Fsp3) is 0.208. The lowest BCUT2D eigenvalue weighted by molar-refractivity contribution is -0.121. The minimum absolute atomic E-state index is 0.0552. The average Bonchev–Trinajstić information content (AvgIpc) is 2.76. The molecule has 0 saturated carbocycles. The molecule has 1 aliphatic heterocycles. The van der Waals surface area contributed by atoms with Gasteiger partial charge in [-0.2, -0.15) is 0 Å². The van der Waals surface area contributed by atoms with Crippen LogP contribution in [-0.2, 0) is 17.9 Å². The first kappa shape index (κ1) is 19.0. The van der Waals surface area contributed by atoms with Crippen LogP contribution < -0.4 is 15.0 Å². The summed E-state index contributed by atoms with van der Waals surface area (Å²) in [6.07, 6.45) is 0.322. The Morgan fingerprint density at radius 2 is 1.69 bits per heavy atom. The molecule has 4 rings (SSSR count). The lowest BCUT2D eigenvalue weighted by Gasteiger charge is -2.38. The van der Waals surface area contributed by atoms with Gasteiger partial charge in [-0.25, -0.2) is 4.39 Å². The maximum absolute atomic E-state index is 13.0. The first-order chi connectivity index (χ1) is 14.2. The van der Waals surface area contributed by atoms with Crippen LogP contribution >= 0.6 is 0 Å². The number of para-hydroxylation sites is 2. The second-order valence-electron chi connectivity index (χ2n) is 7.15. The van der Waals surface area contributed by atoms with Crippen molar-refractivity contribution >= 4 is 11.6 Å². The topological polar surface area (TPSA) is 41.6 Å². The number of nitrogens with one attached hydrogen (secondary N) is 1. The van der Waals surface area contributed by atoms with Crippen molar-refractivity contribution in [3.63, 3.8) is 0 Å². The van der Waals surface area contributed by atoms with Gasteiger partial charge in [0.2, 0.25) is 5.91 Å². The average molecular weight is 390 g/mol. The molecule has 0 bridgehead atoms. The molecule has 29 heavy (non-hydrogen) atoms. The molecule has 1 N–H and O–H groups in total. The van der Waals surface area contributed by atoms with Crippen LogP contribution in [-0.4, -0.2) is 18.6 Å². The van der Waals surface area contributed by atoms with Crippen molar-refractivity contribution in [3.8, 4) is 5.75 Å². The Hall–Kier alpha value is -3.34. The van der Waals surface area contributed by atoms with Crippen molar-refractivity contribution in [2.24, 2.45) is 0 Å². The summed E-state index contributed by atoms with van der Waals surface area (Å²) in [6.45, 7) is 1.53. The summed E-state index contributed by atoms with van der Waals surface area (Å²) in [5.41, 5.74) is 3.05. The van der Waals surface area contributed by atoms with E-state index in [0.717, 1.165) is 17.0 Å². The van der Waals surface area contributed by atoms with Gasteiger partial charge in [0.25, 0.3) is 0 Å². The summed E-state index contributed by atoms with van der Waals surface area (Å²) >= 11 is 0. The highest BCUT2D eigenvalue weighted by atomic mass is 19.1. The number of carbonyl (C=O) groups excluding carboxylic acids is 1. The lowest BCUT2D eigenvalue weighted by atomic mass is 10.1. The van der Waals surface area contributed by atoms with E-state index in [1.54, 1.807) is 12.1 Å². The molecule has 1 aliphatic rings. The normalized spacial score (nSPS) is 15.3. The van der Waals surface area contributed by atoms with Crippen molar-refractivity contribution < 1.29 is 13.9 Å². The zero-order chi connectivity index (χ0) is 20.1. The zero-order valence-electron chi connectivity index (χ0n) is 16.1. The van der Waals surface area contributed by atoms with Gasteiger partial charge in [-0.3, -0.25) is 4.79 Å². The molecule has 0 fully saturated rings. The molecule has 0 aliphatic carbocycles. The molecule has 5 heteroatoms. The molecule has 3 aromatic carbocycles. The largest absolute Gasteiger partial charge is 0.489 e. The third-order valence-electron chi connectivity index (χ3n) is 5.07. The van der Waals surface area contributed by atoms with Gasteiger partial charge in [-0.05, 0) is 35.4 Å². The van der Waals surface area contributed by atoms with Gasteiger partial charge in [0.05, 0.1) is 18.2 Å². The van der Waals surface area contributed by atoms with Gasteiger partial charge >= 0.3 is 0 Å². The van der Waals surface area contributed by atoms with Crippen molar-refractivity contribution in [2.75, 3.05) is 11.5 Å². The Morgan fingerprint density at radius 3 is 2.48 bits per heavy atom. The number of fused-ring (bicyclic) bond motifs is 1. The van der Waals surface area contributed by atoms with E-state index in [9.17, 15) is 9.18 Å². The molecule has 1 amide bonds. The first-order valence-electron chi connectivity index (χ1n) is 9.72. The SMILES string of the molecule is O=C(C[C@H]1COc2ccccc2N1Cc1ccccc1)NCc1ccc(F)cc1. The molecule has 0 spiro atoms. The number of hydrogen-bond donors (Lipinski definition) is 1. The predicted octanol–water partition coefficient (Wildman–Crippen LogP) is 4.30. The minimum Gasteiger partial charge on any atom is -0.489 e.